The standard InChI is InChI=1S/C31H28ClN5O2/c1-38-24-12-14-25(15-13-24)39-30-10-6-5-9-28(30)37-31(36-23-7-3-2-4-8-23)35-20-19-34-27-17-18-33-29-21-22(32)11-16-26(27)29/h2-18,21H,19-20H2,1H3,(H,33,34)(H2,35,36,37). The van der Waals surface area contributed by atoms with Crippen molar-refractivity contribution in [3.8, 4) is 17.2 Å². The highest BCUT2D eigenvalue weighted by Gasteiger charge is 2.09. The van der Waals surface area contributed by atoms with Gasteiger partial charge in [-0.15, -0.1) is 0 Å². The molecule has 0 aliphatic rings. The third kappa shape index (κ3) is 6.97. The fraction of sp³-hybridized carbons (Fsp3) is 0.0968. The second-order valence-electron chi connectivity index (χ2n) is 8.57. The summed E-state index contributed by atoms with van der Waals surface area (Å²) in [5.41, 5.74) is 3.52. The van der Waals surface area contributed by atoms with Gasteiger partial charge in [-0.25, -0.2) is 0 Å². The fourth-order valence-corrected chi connectivity index (χ4v) is 4.13. The summed E-state index contributed by atoms with van der Waals surface area (Å²) in [5, 5.41) is 11.9. The molecule has 0 saturated heterocycles. The molecule has 3 N–H and O–H groups in total. The van der Waals surface area contributed by atoms with Gasteiger partial charge in [0.1, 0.15) is 11.5 Å². The Labute approximate surface area is 232 Å². The van der Waals surface area contributed by atoms with Crippen molar-refractivity contribution < 1.29 is 9.47 Å². The van der Waals surface area contributed by atoms with E-state index in [0.717, 1.165) is 33.7 Å². The van der Waals surface area contributed by atoms with E-state index in [1.807, 2.05) is 103 Å². The Kier molecular flexibility index (Phi) is 8.41. The molecule has 0 spiro atoms. The second-order valence-corrected chi connectivity index (χ2v) is 9.00. The molecule has 1 heterocycles. The normalized spacial score (nSPS) is 11.2. The van der Waals surface area contributed by atoms with Crippen LogP contribution in [0, 0.1) is 0 Å². The smallest absolute Gasteiger partial charge is 0.200 e. The lowest BCUT2D eigenvalue weighted by molar-refractivity contribution is 0.413. The molecule has 0 fully saturated rings. The maximum absolute atomic E-state index is 6.16. The number of guanidine groups is 1. The molecule has 0 radical (unpaired) electrons. The number of aliphatic imine (C=N–C) groups is 1. The summed E-state index contributed by atoms with van der Waals surface area (Å²) in [4.78, 5) is 9.23. The molecule has 0 unspecified atom stereocenters. The van der Waals surface area contributed by atoms with Gasteiger partial charge < -0.3 is 25.4 Å². The van der Waals surface area contributed by atoms with E-state index in [-0.39, 0.29) is 0 Å². The van der Waals surface area contributed by atoms with Crippen LogP contribution in [0.1, 0.15) is 0 Å². The number of nitrogens with zero attached hydrogens (tertiary/aromatic N) is 2. The molecule has 0 aliphatic carbocycles. The van der Waals surface area contributed by atoms with Crippen molar-refractivity contribution >= 4 is 45.5 Å². The van der Waals surface area contributed by atoms with E-state index in [1.165, 1.54) is 0 Å². The van der Waals surface area contributed by atoms with Crippen LogP contribution in [0.4, 0.5) is 17.1 Å². The molecular weight excluding hydrogens is 510 g/mol. The molecule has 0 atom stereocenters. The molecule has 8 heteroatoms. The Morgan fingerprint density at radius 2 is 1.59 bits per heavy atom. The maximum atomic E-state index is 6.16. The summed E-state index contributed by atoms with van der Waals surface area (Å²) in [6.45, 7) is 1.13. The van der Waals surface area contributed by atoms with E-state index in [0.29, 0.717) is 35.6 Å². The van der Waals surface area contributed by atoms with Crippen LogP contribution in [0.25, 0.3) is 10.9 Å². The summed E-state index contributed by atoms with van der Waals surface area (Å²) in [7, 11) is 1.64. The lowest BCUT2D eigenvalue weighted by atomic mass is 10.2. The van der Waals surface area contributed by atoms with Crippen LogP contribution < -0.4 is 25.4 Å². The Balaban J connectivity index is 1.32. The molecule has 4 aromatic carbocycles. The lowest BCUT2D eigenvalue weighted by Gasteiger charge is -2.16. The zero-order valence-electron chi connectivity index (χ0n) is 21.4. The third-order valence-electron chi connectivity index (χ3n) is 5.87. The van der Waals surface area contributed by atoms with Crippen molar-refractivity contribution in [2.75, 3.05) is 36.1 Å². The number of ether oxygens (including phenoxy) is 2. The number of nitrogens with one attached hydrogen (secondary N) is 3. The van der Waals surface area contributed by atoms with E-state index in [9.17, 15) is 0 Å². The number of benzene rings is 4. The molecule has 1 aromatic heterocycles. The molecule has 0 bridgehead atoms. The van der Waals surface area contributed by atoms with Crippen LogP contribution in [0.5, 0.6) is 17.2 Å². The highest BCUT2D eigenvalue weighted by molar-refractivity contribution is 6.31. The molecule has 196 valence electrons. The van der Waals surface area contributed by atoms with Crippen molar-refractivity contribution in [1.82, 2.24) is 4.98 Å². The van der Waals surface area contributed by atoms with E-state index in [1.54, 1.807) is 13.3 Å². The first-order valence-corrected chi connectivity index (χ1v) is 12.9. The van der Waals surface area contributed by atoms with Gasteiger partial charge in [0.2, 0.25) is 0 Å². The Morgan fingerprint density at radius 3 is 2.41 bits per heavy atom. The van der Waals surface area contributed by atoms with Crippen LogP contribution in [-0.4, -0.2) is 31.1 Å². The summed E-state index contributed by atoms with van der Waals surface area (Å²) in [5.74, 6) is 2.74. The van der Waals surface area contributed by atoms with Gasteiger partial charge in [0, 0.05) is 34.5 Å². The van der Waals surface area contributed by atoms with Crippen LogP contribution in [0.3, 0.4) is 0 Å². The van der Waals surface area contributed by atoms with Gasteiger partial charge in [0.05, 0.1) is 24.9 Å². The van der Waals surface area contributed by atoms with E-state index < -0.39 is 0 Å². The number of aromatic nitrogens is 1. The van der Waals surface area contributed by atoms with E-state index >= 15 is 0 Å². The molecule has 7 nitrogen and oxygen atoms in total. The fourth-order valence-electron chi connectivity index (χ4n) is 3.96. The molecule has 0 aliphatic heterocycles. The average molecular weight is 538 g/mol. The molecule has 0 amide bonds. The van der Waals surface area contributed by atoms with Crippen molar-refractivity contribution in [1.29, 1.82) is 0 Å². The van der Waals surface area contributed by atoms with E-state index in [4.69, 9.17) is 26.1 Å². The van der Waals surface area contributed by atoms with Crippen molar-refractivity contribution in [2.45, 2.75) is 0 Å². The number of hydrogen-bond acceptors (Lipinski definition) is 5. The van der Waals surface area contributed by atoms with Crippen molar-refractivity contribution in [2.24, 2.45) is 4.99 Å². The van der Waals surface area contributed by atoms with Gasteiger partial charge in [-0.05, 0) is 72.8 Å². The number of anilines is 3. The number of pyridine rings is 1. The topological polar surface area (TPSA) is 79.8 Å². The third-order valence-corrected chi connectivity index (χ3v) is 6.10. The highest BCUT2D eigenvalue weighted by atomic mass is 35.5. The molecule has 5 rings (SSSR count). The first-order valence-electron chi connectivity index (χ1n) is 12.5. The lowest BCUT2D eigenvalue weighted by Crippen LogP contribution is -2.23. The van der Waals surface area contributed by atoms with Gasteiger partial charge in [0.25, 0.3) is 0 Å². The quantitative estimate of drug-likeness (QED) is 0.102. The van der Waals surface area contributed by atoms with Gasteiger partial charge in [-0.1, -0.05) is 41.9 Å². The number of halogens is 1. The van der Waals surface area contributed by atoms with Crippen LogP contribution in [-0.2, 0) is 0 Å². The van der Waals surface area contributed by atoms with Gasteiger partial charge >= 0.3 is 0 Å². The number of hydrogen-bond donors (Lipinski definition) is 3. The summed E-state index contributed by atoms with van der Waals surface area (Å²) >= 11 is 6.13. The van der Waals surface area contributed by atoms with Crippen LogP contribution >= 0.6 is 11.6 Å². The van der Waals surface area contributed by atoms with E-state index in [2.05, 4.69) is 20.9 Å². The van der Waals surface area contributed by atoms with Gasteiger partial charge in [-0.2, -0.15) is 0 Å². The van der Waals surface area contributed by atoms with Gasteiger partial charge in [0.15, 0.2) is 11.7 Å². The number of fused-ring (bicyclic) bond motifs is 1. The molecule has 0 saturated carbocycles. The zero-order valence-corrected chi connectivity index (χ0v) is 22.2. The second kappa shape index (κ2) is 12.7. The Bertz CT molecular complexity index is 1560. The number of rotatable bonds is 9. The Morgan fingerprint density at radius 1 is 0.821 bits per heavy atom. The van der Waals surface area contributed by atoms with Crippen molar-refractivity contribution in [3.63, 3.8) is 0 Å². The Hall–Kier alpha value is -4.75. The van der Waals surface area contributed by atoms with Crippen LogP contribution in [0.2, 0.25) is 5.02 Å². The highest BCUT2D eigenvalue weighted by Crippen LogP contribution is 2.30. The minimum atomic E-state index is 0.515. The van der Waals surface area contributed by atoms with Crippen molar-refractivity contribution in [3.05, 3.63) is 114 Å². The number of methoxy groups -OCH3 is 1. The van der Waals surface area contributed by atoms with Crippen LogP contribution in [0.15, 0.2) is 114 Å². The average Bonchev–Trinajstić information content (AvgIpc) is 2.97. The van der Waals surface area contributed by atoms with Gasteiger partial charge in [-0.3, -0.25) is 9.98 Å². The number of para-hydroxylation sites is 3. The molecule has 39 heavy (non-hydrogen) atoms. The minimum absolute atomic E-state index is 0.515. The maximum Gasteiger partial charge on any atom is 0.200 e. The zero-order chi connectivity index (χ0) is 26.9. The molecular formula is C31H28ClN5O2. The minimum Gasteiger partial charge on any atom is -0.497 e. The largest absolute Gasteiger partial charge is 0.497 e. The summed E-state index contributed by atoms with van der Waals surface area (Å²) < 4.78 is 11.4. The molecule has 5 aromatic rings. The monoisotopic (exact) mass is 537 g/mol. The SMILES string of the molecule is COc1ccc(Oc2ccccc2NC(=NCCNc2ccnc3cc(Cl)ccc23)Nc2ccccc2)cc1. The first kappa shape index (κ1) is 25.9. The predicted octanol–water partition coefficient (Wildman–Crippen LogP) is 7.68. The summed E-state index contributed by atoms with van der Waals surface area (Å²) in [6, 6.07) is 32.8. The predicted molar refractivity (Wildman–Crippen MR) is 161 cm³/mol. The summed E-state index contributed by atoms with van der Waals surface area (Å²) in [6.07, 6.45) is 1.77. The first-order chi connectivity index (χ1) is 19.2.